The molecule has 0 N–H and O–H groups in total. The molecule has 18 heavy (non-hydrogen) atoms. The van der Waals surface area contributed by atoms with Crippen molar-refractivity contribution in [2.45, 2.75) is 6.92 Å². The van der Waals surface area contributed by atoms with Crippen LogP contribution in [0.1, 0.15) is 17.3 Å². The van der Waals surface area contributed by atoms with Crippen molar-refractivity contribution < 1.29 is 23.5 Å². The average Bonchev–Trinajstić information content (AvgIpc) is 2.35. The summed E-state index contributed by atoms with van der Waals surface area (Å²) in [5.41, 5.74) is -0.0275. The maximum atomic E-state index is 13.7. The second-order valence-electron chi connectivity index (χ2n) is 3.59. The van der Waals surface area contributed by atoms with Gasteiger partial charge in [-0.15, -0.1) is 0 Å². The van der Waals surface area contributed by atoms with Crippen molar-refractivity contribution in [1.82, 2.24) is 0 Å². The Hall–Kier alpha value is -2.24. The molecule has 0 saturated heterocycles. The fourth-order valence-corrected chi connectivity index (χ4v) is 1.40. The number of hydrogen-bond donors (Lipinski definition) is 0. The van der Waals surface area contributed by atoms with Crippen molar-refractivity contribution in [2.24, 2.45) is 0 Å². The van der Waals surface area contributed by atoms with E-state index in [1.807, 2.05) is 0 Å². The summed E-state index contributed by atoms with van der Waals surface area (Å²) in [5, 5.41) is 0. The Bertz CT molecular complexity index is 487. The topological polar surface area (TPSA) is 63.7 Å². The van der Waals surface area contributed by atoms with Crippen molar-refractivity contribution in [2.75, 3.05) is 18.6 Å². The zero-order chi connectivity index (χ0) is 13.7. The number of carbonyl (C=O) groups excluding carboxylic acids is 3. The summed E-state index contributed by atoms with van der Waals surface area (Å²) in [4.78, 5) is 33.8. The Morgan fingerprint density at radius 3 is 2.56 bits per heavy atom. The van der Waals surface area contributed by atoms with Gasteiger partial charge in [0.05, 0.1) is 24.9 Å². The van der Waals surface area contributed by atoms with Gasteiger partial charge in [-0.25, -0.2) is 9.18 Å². The van der Waals surface area contributed by atoms with Gasteiger partial charge >= 0.3 is 5.97 Å². The summed E-state index contributed by atoms with van der Waals surface area (Å²) in [6, 6.07) is 3.53. The van der Waals surface area contributed by atoms with Crippen LogP contribution in [0.25, 0.3) is 0 Å². The second-order valence-corrected chi connectivity index (χ2v) is 3.59. The van der Waals surface area contributed by atoms with E-state index < -0.39 is 11.8 Å². The van der Waals surface area contributed by atoms with E-state index >= 15 is 0 Å². The zero-order valence-electron chi connectivity index (χ0n) is 9.97. The lowest BCUT2D eigenvalue weighted by Gasteiger charge is -2.16. The number of halogens is 1. The van der Waals surface area contributed by atoms with Crippen molar-refractivity contribution >= 4 is 23.9 Å². The van der Waals surface area contributed by atoms with Crippen molar-refractivity contribution in [3.8, 4) is 0 Å². The van der Waals surface area contributed by atoms with Gasteiger partial charge in [-0.05, 0) is 25.1 Å². The lowest BCUT2D eigenvalue weighted by atomic mass is 10.2. The van der Waals surface area contributed by atoms with Gasteiger partial charge in [-0.3, -0.25) is 9.59 Å². The van der Waals surface area contributed by atoms with Gasteiger partial charge < -0.3 is 9.64 Å². The molecule has 6 heteroatoms. The van der Waals surface area contributed by atoms with Crippen LogP contribution in [0.5, 0.6) is 0 Å². The van der Waals surface area contributed by atoms with Gasteiger partial charge in [0.1, 0.15) is 11.6 Å². The molecule has 1 aromatic rings. The average molecular weight is 253 g/mol. The molecule has 96 valence electrons. The number of Topliss-reactive ketones (excluding diaryl/α,β-unsaturated/α-hetero) is 1. The SMILES string of the molecule is COC(=O)c1ccc(N(C=O)CC(C)=O)c(F)c1. The van der Waals surface area contributed by atoms with Crippen LogP contribution < -0.4 is 4.90 Å². The zero-order valence-corrected chi connectivity index (χ0v) is 9.97. The summed E-state index contributed by atoms with van der Waals surface area (Å²) in [5.74, 6) is -1.73. The molecule has 0 aliphatic heterocycles. The van der Waals surface area contributed by atoms with E-state index in [0.717, 1.165) is 11.0 Å². The number of carbonyl (C=O) groups is 3. The van der Waals surface area contributed by atoms with Crippen LogP contribution in [0, 0.1) is 5.82 Å². The van der Waals surface area contributed by atoms with E-state index in [9.17, 15) is 18.8 Å². The van der Waals surface area contributed by atoms with Crippen LogP contribution >= 0.6 is 0 Å². The molecule has 1 aromatic carbocycles. The molecular weight excluding hydrogens is 241 g/mol. The van der Waals surface area contributed by atoms with Crippen LogP contribution in [-0.4, -0.2) is 31.8 Å². The molecule has 0 spiro atoms. The number of esters is 1. The molecule has 0 saturated carbocycles. The van der Waals surface area contributed by atoms with Gasteiger partial charge in [0, 0.05) is 0 Å². The van der Waals surface area contributed by atoms with Crippen LogP contribution in [0.2, 0.25) is 0 Å². The van der Waals surface area contributed by atoms with E-state index in [1.165, 1.54) is 26.2 Å². The predicted octanol–water partition coefficient (Wildman–Crippen LogP) is 1.16. The number of nitrogens with zero attached hydrogens (tertiary/aromatic N) is 1. The molecule has 0 aliphatic rings. The highest BCUT2D eigenvalue weighted by atomic mass is 19.1. The largest absolute Gasteiger partial charge is 0.465 e. The number of methoxy groups -OCH3 is 1. The number of benzene rings is 1. The van der Waals surface area contributed by atoms with E-state index in [-0.39, 0.29) is 23.6 Å². The van der Waals surface area contributed by atoms with Crippen LogP contribution in [0.15, 0.2) is 18.2 Å². The quantitative estimate of drug-likeness (QED) is 0.583. The molecule has 1 rings (SSSR count). The molecule has 0 aliphatic carbocycles. The molecule has 0 aromatic heterocycles. The van der Waals surface area contributed by atoms with Gasteiger partial charge in [0.2, 0.25) is 6.41 Å². The highest BCUT2D eigenvalue weighted by Crippen LogP contribution is 2.20. The standard InChI is InChI=1S/C12H12FNO4/c1-8(16)6-14(7-15)11-4-3-9(5-10(11)13)12(17)18-2/h3-5,7H,6H2,1-2H3. The van der Waals surface area contributed by atoms with Gasteiger partial charge in [0.25, 0.3) is 0 Å². The minimum Gasteiger partial charge on any atom is -0.465 e. The molecule has 1 amide bonds. The maximum Gasteiger partial charge on any atom is 0.337 e. The number of hydrogen-bond acceptors (Lipinski definition) is 4. The molecule has 0 unspecified atom stereocenters. The van der Waals surface area contributed by atoms with E-state index in [2.05, 4.69) is 4.74 Å². The summed E-state index contributed by atoms with van der Waals surface area (Å²) in [6.07, 6.45) is 0.359. The Labute approximate surface area is 103 Å². The maximum absolute atomic E-state index is 13.7. The van der Waals surface area contributed by atoms with E-state index in [4.69, 9.17) is 0 Å². The first kappa shape index (κ1) is 13.8. The van der Waals surface area contributed by atoms with Gasteiger partial charge in [-0.2, -0.15) is 0 Å². The van der Waals surface area contributed by atoms with E-state index in [0.29, 0.717) is 6.41 Å². The Morgan fingerprint density at radius 2 is 2.11 bits per heavy atom. The first-order valence-electron chi connectivity index (χ1n) is 5.08. The third-order valence-electron chi connectivity index (χ3n) is 2.20. The fourth-order valence-electron chi connectivity index (χ4n) is 1.40. The minimum atomic E-state index is -0.772. The summed E-state index contributed by atoms with van der Waals surface area (Å²) in [6.45, 7) is 1.06. The number of ketones is 1. The van der Waals surface area contributed by atoms with Gasteiger partial charge in [0.15, 0.2) is 0 Å². The van der Waals surface area contributed by atoms with Crippen LogP contribution in [0.3, 0.4) is 0 Å². The number of rotatable bonds is 5. The molecular formula is C12H12FNO4. The summed E-state index contributed by atoms with van der Waals surface area (Å²) >= 11 is 0. The first-order chi connectivity index (χ1) is 8.49. The normalized spacial score (nSPS) is 9.72. The van der Waals surface area contributed by atoms with Crippen LogP contribution in [-0.2, 0) is 14.3 Å². The van der Waals surface area contributed by atoms with Crippen molar-refractivity contribution in [3.63, 3.8) is 0 Å². The Morgan fingerprint density at radius 1 is 1.44 bits per heavy atom. The smallest absolute Gasteiger partial charge is 0.337 e. The molecule has 0 fully saturated rings. The van der Waals surface area contributed by atoms with Gasteiger partial charge in [-0.1, -0.05) is 0 Å². The molecule has 0 bridgehead atoms. The molecule has 5 nitrogen and oxygen atoms in total. The Balaban J connectivity index is 3.07. The lowest BCUT2D eigenvalue weighted by molar-refractivity contribution is -0.117. The summed E-state index contributed by atoms with van der Waals surface area (Å²) in [7, 11) is 1.18. The van der Waals surface area contributed by atoms with Crippen LogP contribution in [0.4, 0.5) is 10.1 Å². The van der Waals surface area contributed by atoms with E-state index in [1.54, 1.807) is 0 Å². The fraction of sp³-hybridized carbons (Fsp3) is 0.250. The first-order valence-corrected chi connectivity index (χ1v) is 5.08. The third kappa shape index (κ3) is 3.13. The molecule has 0 heterocycles. The minimum absolute atomic E-state index is 0.0347. The predicted molar refractivity (Wildman–Crippen MR) is 61.8 cm³/mol. The molecule has 0 radical (unpaired) electrons. The number of amides is 1. The Kier molecular flexibility index (Phi) is 4.53. The second kappa shape index (κ2) is 5.90. The number of anilines is 1. The highest BCUT2D eigenvalue weighted by Gasteiger charge is 2.15. The van der Waals surface area contributed by atoms with Crippen molar-refractivity contribution in [3.05, 3.63) is 29.6 Å². The third-order valence-corrected chi connectivity index (χ3v) is 2.20. The molecule has 0 atom stereocenters. The van der Waals surface area contributed by atoms with Crippen molar-refractivity contribution in [1.29, 1.82) is 0 Å². The number of ether oxygens (including phenoxy) is 1. The lowest BCUT2D eigenvalue weighted by Crippen LogP contribution is -2.27. The monoisotopic (exact) mass is 253 g/mol. The summed E-state index contributed by atoms with van der Waals surface area (Å²) < 4.78 is 18.2. The highest BCUT2D eigenvalue weighted by molar-refractivity contribution is 5.92.